The topological polar surface area (TPSA) is 104 Å². The van der Waals surface area contributed by atoms with Crippen LogP contribution in [0.1, 0.15) is 31.2 Å². The number of hydrogen-bond acceptors (Lipinski definition) is 6. The molecule has 0 radical (unpaired) electrons. The van der Waals surface area contributed by atoms with Gasteiger partial charge in [0.05, 0.1) is 17.0 Å². The maximum Gasteiger partial charge on any atom is 0.420 e. The third-order valence-corrected chi connectivity index (χ3v) is 5.35. The smallest absolute Gasteiger partial charge is 0.393 e. The zero-order valence-corrected chi connectivity index (χ0v) is 15.7. The highest BCUT2D eigenvalue weighted by atomic mass is 19.4. The van der Waals surface area contributed by atoms with Crippen LogP contribution in [0.25, 0.3) is 27.9 Å². The fourth-order valence-electron chi connectivity index (χ4n) is 3.96. The average Bonchev–Trinajstić information content (AvgIpc) is 3.26. The van der Waals surface area contributed by atoms with Crippen molar-refractivity contribution < 1.29 is 18.3 Å². The number of anilines is 1. The standard InChI is InChI=1S/C19H18F3N7O/c20-19(21,22)12-9-23-18(24-10-4-3-5-11(30)8-10)25-15(12)16-14-13-6-1-2-7-29(13)28-17(14)27-26-16/h1-2,6-7,9-11,30H,3-5,8H2,(H,27,28)(H,23,24,25)/t10-,11-/m0/s1. The number of hydrogen-bond donors (Lipinski definition) is 3. The van der Waals surface area contributed by atoms with Gasteiger partial charge in [0.25, 0.3) is 0 Å². The number of aliphatic hydroxyl groups is 1. The number of nitrogens with one attached hydrogen (secondary N) is 2. The van der Waals surface area contributed by atoms with Crippen molar-refractivity contribution in [1.29, 1.82) is 0 Å². The summed E-state index contributed by atoms with van der Waals surface area (Å²) in [6.45, 7) is 0. The number of aliphatic hydroxyl groups excluding tert-OH is 1. The lowest BCUT2D eigenvalue weighted by Crippen LogP contribution is -2.30. The van der Waals surface area contributed by atoms with Gasteiger partial charge in [0.1, 0.15) is 17.0 Å². The lowest BCUT2D eigenvalue weighted by molar-refractivity contribution is -0.137. The summed E-state index contributed by atoms with van der Waals surface area (Å²) in [5.41, 5.74) is -0.241. The fraction of sp³-hybridized carbons (Fsp3) is 0.368. The highest BCUT2D eigenvalue weighted by molar-refractivity contribution is 6.02. The zero-order chi connectivity index (χ0) is 20.9. The number of aromatic nitrogens is 6. The Balaban J connectivity index is 1.63. The quantitative estimate of drug-likeness (QED) is 0.472. The molecule has 8 nitrogen and oxygen atoms in total. The average molecular weight is 417 g/mol. The molecular weight excluding hydrogens is 399 g/mol. The van der Waals surface area contributed by atoms with E-state index in [4.69, 9.17) is 0 Å². The van der Waals surface area contributed by atoms with Crippen molar-refractivity contribution in [2.24, 2.45) is 0 Å². The molecule has 2 atom stereocenters. The molecule has 0 amide bonds. The first-order chi connectivity index (χ1) is 14.4. The Labute approximate surface area is 168 Å². The number of H-pyrrole nitrogens is 1. The van der Waals surface area contributed by atoms with E-state index in [1.807, 2.05) is 0 Å². The molecule has 11 heteroatoms. The third kappa shape index (κ3) is 3.24. The first kappa shape index (κ1) is 18.8. The highest BCUT2D eigenvalue weighted by Gasteiger charge is 2.37. The van der Waals surface area contributed by atoms with Gasteiger partial charge in [0, 0.05) is 18.4 Å². The Morgan fingerprint density at radius 1 is 1.20 bits per heavy atom. The molecule has 4 aromatic heterocycles. The molecule has 4 heterocycles. The SMILES string of the molecule is O[C@H]1CCC[C@H](Nc2ncc(C(F)(F)F)c(-c3n[nH]c4nn5ccccc5c34)n2)C1. The molecule has 4 aromatic rings. The molecule has 0 aromatic carbocycles. The van der Waals surface area contributed by atoms with Gasteiger partial charge in [-0.2, -0.15) is 18.3 Å². The molecule has 5 rings (SSSR count). The van der Waals surface area contributed by atoms with E-state index in [0.29, 0.717) is 23.0 Å². The third-order valence-electron chi connectivity index (χ3n) is 5.35. The van der Waals surface area contributed by atoms with Crippen molar-refractivity contribution >= 4 is 22.5 Å². The van der Waals surface area contributed by atoms with E-state index in [-0.39, 0.29) is 23.4 Å². The number of halogens is 3. The van der Waals surface area contributed by atoms with E-state index in [1.54, 1.807) is 28.9 Å². The van der Waals surface area contributed by atoms with Crippen LogP contribution < -0.4 is 5.32 Å². The van der Waals surface area contributed by atoms with Crippen LogP contribution >= 0.6 is 0 Å². The lowest BCUT2D eigenvalue weighted by atomic mass is 9.93. The molecule has 0 saturated heterocycles. The molecule has 0 aliphatic heterocycles. The summed E-state index contributed by atoms with van der Waals surface area (Å²) in [5.74, 6) is 0.0738. The van der Waals surface area contributed by atoms with E-state index in [0.717, 1.165) is 25.5 Å². The summed E-state index contributed by atoms with van der Waals surface area (Å²) in [4.78, 5) is 8.08. The molecule has 3 N–H and O–H groups in total. The Morgan fingerprint density at radius 3 is 2.87 bits per heavy atom. The molecule has 156 valence electrons. The monoisotopic (exact) mass is 417 g/mol. The summed E-state index contributed by atoms with van der Waals surface area (Å²) in [7, 11) is 0. The van der Waals surface area contributed by atoms with Crippen LogP contribution in [0.5, 0.6) is 0 Å². The molecule has 0 bridgehead atoms. The van der Waals surface area contributed by atoms with Gasteiger partial charge in [-0.25, -0.2) is 14.5 Å². The predicted molar refractivity (Wildman–Crippen MR) is 103 cm³/mol. The number of alkyl halides is 3. The van der Waals surface area contributed by atoms with Crippen molar-refractivity contribution in [3.63, 3.8) is 0 Å². The minimum absolute atomic E-state index is 0.0626. The minimum atomic E-state index is -4.65. The van der Waals surface area contributed by atoms with Gasteiger partial charge in [0.2, 0.25) is 5.95 Å². The Bertz CT molecular complexity index is 1220. The number of fused-ring (bicyclic) bond motifs is 3. The van der Waals surface area contributed by atoms with Crippen LogP contribution in [0.2, 0.25) is 0 Å². The van der Waals surface area contributed by atoms with Gasteiger partial charge in [-0.1, -0.05) is 6.07 Å². The van der Waals surface area contributed by atoms with Gasteiger partial charge < -0.3 is 10.4 Å². The largest absolute Gasteiger partial charge is 0.420 e. The number of rotatable bonds is 3. The van der Waals surface area contributed by atoms with Crippen molar-refractivity contribution in [2.75, 3.05) is 5.32 Å². The van der Waals surface area contributed by atoms with E-state index >= 15 is 0 Å². The molecule has 1 saturated carbocycles. The van der Waals surface area contributed by atoms with Crippen LogP contribution in [0.3, 0.4) is 0 Å². The summed E-state index contributed by atoms with van der Waals surface area (Å²) in [6, 6.07) is 5.21. The van der Waals surface area contributed by atoms with E-state index in [9.17, 15) is 18.3 Å². The summed E-state index contributed by atoms with van der Waals surface area (Å²) in [5, 5.41) is 24.5. The van der Waals surface area contributed by atoms with Gasteiger partial charge in [0.15, 0.2) is 5.65 Å². The molecule has 0 spiro atoms. The molecule has 1 aliphatic rings. The Morgan fingerprint density at radius 2 is 2.07 bits per heavy atom. The van der Waals surface area contributed by atoms with Crippen molar-refractivity contribution in [3.8, 4) is 11.4 Å². The molecular formula is C19H18F3N7O. The van der Waals surface area contributed by atoms with Crippen LogP contribution in [-0.4, -0.2) is 47.0 Å². The van der Waals surface area contributed by atoms with E-state index in [1.165, 1.54) is 0 Å². The lowest BCUT2D eigenvalue weighted by Gasteiger charge is -2.26. The van der Waals surface area contributed by atoms with Crippen LogP contribution in [0, 0.1) is 0 Å². The van der Waals surface area contributed by atoms with E-state index in [2.05, 4.69) is 30.6 Å². The number of aromatic amines is 1. The second-order valence-corrected chi connectivity index (χ2v) is 7.44. The molecule has 30 heavy (non-hydrogen) atoms. The van der Waals surface area contributed by atoms with E-state index < -0.39 is 17.8 Å². The van der Waals surface area contributed by atoms with Crippen molar-refractivity contribution in [2.45, 2.75) is 44.0 Å². The number of pyridine rings is 1. The Hall–Kier alpha value is -3.21. The number of nitrogens with zero attached hydrogens (tertiary/aromatic N) is 5. The summed E-state index contributed by atoms with van der Waals surface area (Å²) < 4.78 is 42.8. The predicted octanol–water partition coefficient (Wildman–Crippen LogP) is 3.40. The van der Waals surface area contributed by atoms with Crippen LogP contribution in [0.4, 0.5) is 19.1 Å². The Kier molecular flexibility index (Phi) is 4.35. The maximum absolute atomic E-state index is 13.7. The zero-order valence-electron chi connectivity index (χ0n) is 15.7. The van der Waals surface area contributed by atoms with Gasteiger partial charge in [-0.05, 0) is 37.8 Å². The van der Waals surface area contributed by atoms with Crippen LogP contribution in [-0.2, 0) is 6.18 Å². The molecule has 0 unspecified atom stereocenters. The van der Waals surface area contributed by atoms with Gasteiger partial charge >= 0.3 is 6.18 Å². The highest BCUT2D eigenvalue weighted by Crippen LogP contribution is 2.38. The van der Waals surface area contributed by atoms with Crippen molar-refractivity contribution in [1.82, 2.24) is 29.8 Å². The minimum Gasteiger partial charge on any atom is -0.393 e. The fourth-order valence-corrected chi connectivity index (χ4v) is 3.96. The second-order valence-electron chi connectivity index (χ2n) is 7.44. The van der Waals surface area contributed by atoms with Gasteiger partial charge in [-0.15, -0.1) is 5.10 Å². The first-order valence-electron chi connectivity index (χ1n) is 9.61. The van der Waals surface area contributed by atoms with Gasteiger partial charge in [-0.3, -0.25) is 5.10 Å². The maximum atomic E-state index is 13.7. The van der Waals surface area contributed by atoms with Crippen molar-refractivity contribution in [3.05, 3.63) is 36.2 Å². The normalized spacial score (nSPS) is 20.1. The first-order valence-corrected chi connectivity index (χ1v) is 9.61. The molecule has 1 fully saturated rings. The summed E-state index contributed by atoms with van der Waals surface area (Å²) >= 11 is 0. The van der Waals surface area contributed by atoms with Crippen LogP contribution in [0.15, 0.2) is 30.6 Å². The molecule has 1 aliphatic carbocycles. The summed E-state index contributed by atoms with van der Waals surface area (Å²) in [6.07, 6.45) is 0.234. The second kappa shape index (κ2) is 6.94.